The second kappa shape index (κ2) is 8.19. The number of H-pyrrole nitrogens is 1. The summed E-state index contributed by atoms with van der Waals surface area (Å²) in [7, 11) is 0. The number of ether oxygens (including phenoxy) is 2. The van der Waals surface area contributed by atoms with E-state index in [9.17, 15) is 4.79 Å². The van der Waals surface area contributed by atoms with Crippen LogP contribution < -0.4 is 15.1 Å². The van der Waals surface area contributed by atoms with Crippen molar-refractivity contribution in [1.29, 1.82) is 0 Å². The average molecular weight is 413 g/mol. The van der Waals surface area contributed by atoms with Crippen molar-refractivity contribution in [2.45, 2.75) is 44.6 Å². The van der Waals surface area contributed by atoms with E-state index in [0.717, 1.165) is 49.7 Å². The molecule has 2 aromatic rings. The van der Waals surface area contributed by atoms with Crippen LogP contribution in [0.25, 0.3) is 0 Å². The molecule has 3 unspecified atom stereocenters. The van der Waals surface area contributed by atoms with Gasteiger partial charge in [0.15, 0.2) is 5.82 Å². The molecular weight excluding hydrogens is 386 g/mol. The maximum Gasteiger partial charge on any atom is 0.269 e. The Bertz CT molecular complexity index is 879. The highest BCUT2D eigenvalue weighted by molar-refractivity contribution is 5.92. The predicted octanol–water partition coefficient (Wildman–Crippen LogP) is 0.722. The molecule has 3 saturated heterocycles. The first-order valence-electron chi connectivity index (χ1n) is 10.6. The number of aromatic amines is 1. The molecule has 10 nitrogen and oxygen atoms in total. The summed E-state index contributed by atoms with van der Waals surface area (Å²) >= 11 is 0. The fraction of sp³-hybridized carbons (Fsp3) is 0.600. The standard InChI is InChI=1S/C20H27N7O3/c1-13-12-29-7-6-27(13)18-8-19(26-10-14-2-3-15(11-26)30-14)25-24-17(18)9-21-20(28)16-4-5-22-23-16/h4-5,8,13-15H,2-3,6-7,9-12H2,1H3,(H,21,28)(H,22,23). The van der Waals surface area contributed by atoms with Gasteiger partial charge in [-0.05, 0) is 25.8 Å². The number of nitrogens with zero attached hydrogens (tertiary/aromatic N) is 5. The smallest absolute Gasteiger partial charge is 0.269 e. The van der Waals surface area contributed by atoms with Crippen LogP contribution >= 0.6 is 0 Å². The van der Waals surface area contributed by atoms with E-state index in [4.69, 9.17) is 9.47 Å². The maximum absolute atomic E-state index is 12.3. The summed E-state index contributed by atoms with van der Waals surface area (Å²) in [5.41, 5.74) is 2.17. The number of morpholine rings is 2. The van der Waals surface area contributed by atoms with E-state index >= 15 is 0 Å². The molecule has 5 heterocycles. The highest BCUT2D eigenvalue weighted by atomic mass is 16.5. The van der Waals surface area contributed by atoms with E-state index < -0.39 is 0 Å². The van der Waals surface area contributed by atoms with Gasteiger partial charge in [-0.1, -0.05) is 0 Å². The molecule has 2 aromatic heterocycles. The number of amides is 1. The number of carbonyl (C=O) groups is 1. The minimum atomic E-state index is -0.218. The average Bonchev–Trinajstić information content (AvgIpc) is 3.42. The molecule has 3 fully saturated rings. The van der Waals surface area contributed by atoms with E-state index in [0.29, 0.717) is 25.5 Å². The number of carbonyl (C=O) groups excluding carboxylic acids is 1. The number of aromatic nitrogens is 4. The van der Waals surface area contributed by atoms with E-state index in [2.05, 4.69) is 48.5 Å². The summed E-state index contributed by atoms with van der Waals surface area (Å²) in [6, 6.07) is 3.97. The van der Waals surface area contributed by atoms with Crippen LogP contribution in [0.5, 0.6) is 0 Å². The molecule has 30 heavy (non-hydrogen) atoms. The predicted molar refractivity (Wildman–Crippen MR) is 110 cm³/mol. The highest BCUT2D eigenvalue weighted by Crippen LogP contribution is 2.31. The molecule has 3 atom stereocenters. The molecule has 5 rings (SSSR count). The molecule has 1 amide bonds. The Hall–Kier alpha value is -2.72. The summed E-state index contributed by atoms with van der Waals surface area (Å²) in [6.45, 7) is 6.24. The Morgan fingerprint density at radius 3 is 2.87 bits per heavy atom. The van der Waals surface area contributed by atoms with Crippen LogP contribution in [0, 0.1) is 0 Å². The van der Waals surface area contributed by atoms with E-state index in [-0.39, 0.29) is 24.2 Å². The van der Waals surface area contributed by atoms with Crippen LogP contribution in [0.1, 0.15) is 35.9 Å². The van der Waals surface area contributed by atoms with Crippen molar-refractivity contribution >= 4 is 17.4 Å². The number of nitrogens with one attached hydrogen (secondary N) is 2. The van der Waals surface area contributed by atoms with Gasteiger partial charge < -0.3 is 24.6 Å². The highest BCUT2D eigenvalue weighted by Gasteiger charge is 2.35. The van der Waals surface area contributed by atoms with Gasteiger partial charge in [-0.15, -0.1) is 10.2 Å². The van der Waals surface area contributed by atoms with Crippen molar-refractivity contribution in [3.63, 3.8) is 0 Å². The van der Waals surface area contributed by atoms with Gasteiger partial charge in [-0.25, -0.2) is 0 Å². The van der Waals surface area contributed by atoms with Gasteiger partial charge in [0.1, 0.15) is 11.4 Å². The van der Waals surface area contributed by atoms with Crippen LogP contribution in [-0.2, 0) is 16.0 Å². The lowest BCUT2D eigenvalue weighted by Gasteiger charge is -2.37. The van der Waals surface area contributed by atoms with Crippen molar-refractivity contribution in [3.8, 4) is 0 Å². The Balaban J connectivity index is 1.39. The summed E-state index contributed by atoms with van der Waals surface area (Å²) in [4.78, 5) is 16.9. The second-order valence-electron chi connectivity index (χ2n) is 8.17. The number of anilines is 2. The maximum atomic E-state index is 12.3. The summed E-state index contributed by atoms with van der Waals surface area (Å²) in [5, 5.41) is 18.5. The molecule has 3 aliphatic rings. The van der Waals surface area contributed by atoms with Gasteiger partial charge in [0.25, 0.3) is 5.91 Å². The summed E-state index contributed by atoms with van der Waals surface area (Å²) < 4.78 is 11.6. The molecule has 0 aliphatic carbocycles. The zero-order chi connectivity index (χ0) is 20.5. The van der Waals surface area contributed by atoms with Crippen LogP contribution in [0.4, 0.5) is 11.5 Å². The monoisotopic (exact) mass is 413 g/mol. The Morgan fingerprint density at radius 1 is 1.30 bits per heavy atom. The molecule has 0 spiro atoms. The molecule has 2 N–H and O–H groups in total. The third-order valence-electron chi connectivity index (χ3n) is 6.04. The Labute approximate surface area is 174 Å². The molecule has 2 bridgehead atoms. The van der Waals surface area contributed by atoms with Crippen molar-refractivity contribution in [2.75, 3.05) is 42.6 Å². The third kappa shape index (κ3) is 3.84. The van der Waals surface area contributed by atoms with Gasteiger partial charge in [-0.3, -0.25) is 9.89 Å². The Kier molecular flexibility index (Phi) is 5.26. The van der Waals surface area contributed by atoms with Crippen LogP contribution in [0.3, 0.4) is 0 Å². The van der Waals surface area contributed by atoms with E-state index in [1.54, 1.807) is 12.3 Å². The van der Waals surface area contributed by atoms with Gasteiger partial charge in [0, 0.05) is 37.9 Å². The minimum Gasteiger partial charge on any atom is -0.377 e. The lowest BCUT2D eigenvalue weighted by molar-refractivity contribution is 0.0301. The SMILES string of the molecule is CC1COCCN1c1cc(N2CC3CCC(C2)O3)nnc1CNC(=O)c1ccn[nH]1. The first-order chi connectivity index (χ1) is 14.7. The quantitative estimate of drug-likeness (QED) is 0.738. The third-order valence-corrected chi connectivity index (χ3v) is 6.04. The van der Waals surface area contributed by atoms with Crippen molar-refractivity contribution in [3.05, 3.63) is 29.7 Å². The van der Waals surface area contributed by atoms with Gasteiger partial charge in [0.2, 0.25) is 0 Å². The number of hydrogen-bond acceptors (Lipinski definition) is 8. The van der Waals surface area contributed by atoms with Crippen LogP contribution in [-0.4, -0.2) is 77.4 Å². The number of rotatable bonds is 5. The molecule has 0 radical (unpaired) electrons. The molecule has 160 valence electrons. The van der Waals surface area contributed by atoms with Crippen molar-refractivity contribution in [2.24, 2.45) is 0 Å². The topological polar surface area (TPSA) is 108 Å². The molecular formula is C20H27N7O3. The van der Waals surface area contributed by atoms with Gasteiger partial charge in [0.05, 0.1) is 37.7 Å². The fourth-order valence-corrected chi connectivity index (χ4v) is 4.45. The lowest BCUT2D eigenvalue weighted by Crippen LogP contribution is -2.45. The minimum absolute atomic E-state index is 0.218. The Morgan fingerprint density at radius 2 is 2.13 bits per heavy atom. The fourth-order valence-electron chi connectivity index (χ4n) is 4.45. The first-order valence-corrected chi connectivity index (χ1v) is 10.6. The van der Waals surface area contributed by atoms with Crippen LogP contribution in [0.2, 0.25) is 0 Å². The zero-order valence-electron chi connectivity index (χ0n) is 17.1. The largest absolute Gasteiger partial charge is 0.377 e. The van der Waals surface area contributed by atoms with Crippen molar-refractivity contribution in [1.82, 2.24) is 25.7 Å². The van der Waals surface area contributed by atoms with E-state index in [1.165, 1.54) is 0 Å². The number of hydrogen-bond donors (Lipinski definition) is 2. The normalized spacial score (nSPS) is 26.1. The molecule has 0 aromatic carbocycles. The molecule has 0 saturated carbocycles. The van der Waals surface area contributed by atoms with E-state index in [1.807, 2.05) is 0 Å². The lowest BCUT2D eigenvalue weighted by atomic mass is 10.2. The van der Waals surface area contributed by atoms with Crippen LogP contribution in [0.15, 0.2) is 18.3 Å². The molecule has 10 heteroatoms. The number of fused-ring (bicyclic) bond motifs is 2. The zero-order valence-corrected chi connectivity index (χ0v) is 17.1. The molecule has 3 aliphatic heterocycles. The summed E-state index contributed by atoms with van der Waals surface area (Å²) in [5.74, 6) is 0.650. The van der Waals surface area contributed by atoms with Gasteiger partial charge >= 0.3 is 0 Å². The van der Waals surface area contributed by atoms with Gasteiger partial charge in [-0.2, -0.15) is 5.10 Å². The first kappa shape index (κ1) is 19.3. The summed E-state index contributed by atoms with van der Waals surface area (Å²) in [6.07, 6.45) is 4.34. The van der Waals surface area contributed by atoms with Crippen molar-refractivity contribution < 1.29 is 14.3 Å². The second-order valence-corrected chi connectivity index (χ2v) is 8.17.